The molecule has 0 amide bonds. The molecule has 0 unspecified atom stereocenters. The van der Waals surface area contributed by atoms with E-state index in [1.165, 1.54) is 6.08 Å². The predicted octanol–water partition coefficient (Wildman–Crippen LogP) is 3.04. The summed E-state index contributed by atoms with van der Waals surface area (Å²) in [5.74, 6) is -0.674. The van der Waals surface area contributed by atoms with Crippen LogP contribution in [0.15, 0.2) is 35.5 Å². The van der Waals surface area contributed by atoms with Crippen molar-refractivity contribution < 1.29 is 8.78 Å². The van der Waals surface area contributed by atoms with Gasteiger partial charge in [0.05, 0.1) is 0 Å². The van der Waals surface area contributed by atoms with Gasteiger partial charge >= 0.3 is 0 Å². The number of allylic oxidation sites excluding steroid dienone is 6. The van der Waals surface area contributed by atoms with Crippen LogP contribution in [-0.2, 0) is 0 Å². The van der Waals surface area contributed by atoms with Crippen molar-refractivity contribution in [2.45, 2.75) is 13.3 Å². The molecule has 1 aliphatic carbocycles. The van der Waals surface area contributed by atoms with Crippen LogP contribution in [0.1, 0.15) is 13.3 Å². The first-order valence-corrected chi connectivity index (χ1v) is 3.07. The Balaban J connectivity index is 2.90. The molecule has 0 radical (unpaired) electrons. The van der Waals surface area contributed by atoms with Gasteiger partial charge in [-0.15, -0.1) is 0 Å². The summed E-state index contributed by atoms with van der Waals surface area (Å²) in [7, 11) is 0. The van der Waals surface area contributed by atoms with Crippen LogP contribution in [0, 0.1) is 0 Å². The van der Waals surface area contributed by atoms with Crippen molar-refractivity contribution in [3.8, 4) is 0 Å². The number of rotatable bonds is 0. The van der Waals surface area contributed by atoms with E-state index in [1.54, 1.807) is 6.92 Å². The molecule has 0 saturated heterocycles. The SMILES string of the molecule is CC1=CC(F)=CC=C(F)C1. The van der Waals surface area contributed by atoms with Crippen molar-refractivity contribution in [1.82, 2.24) is 0 Å². The predicted molar refractivity (Wildman–Crippen MR) is 36.8 cm³/mol. The minimum absolute atomic E-state index is 0.226. The molecule has 2 heteroatoms. The summed E-state index contributed by atoms with van der Waals surface area (Å²) in [6.07, 6.45) is 3.85. The molecule has 0 aromatic rings. The molecule has 1 rings (SSSR count). The van der Waals surface area contributed by atoms with Gasteiger partial charge in [-0.25, -0.2) is 8.78 Å². The molecule has 0 nitrogen and oxygen atoms in total. The van der Waals surface area contributed by atoms with Crippen LogP contribution in [-0.4, -0.2) is 0 Å². The van der Waals surface area contributed by atoms with E-state index in [4.69, 9.17) is 0 Å². The number of halogens is 2. The monoisotopic (exact) mass is 142 g/mol. The van der Waals surface area contributed by atoms with Crippen LogP contribution >= 0.6 is 0 Å². The fourth-order valence-electron chi connectivity index (χ4n) is 0.830. The van der Waals surface area contributed by atoms with Gasteiger partial charge < -0.3 is 0 Å². The van der Waals surface area contributed by atoms with Crippen molar-refractivity contribution >= 4 is 0 Å². The minimum Gasteiger partial charge on any atom is -0.211 e. The van der Waals surface area contributed by atoms with Gasteiger partial charge in [0, 0.05) is 6.42 Å². The van der Waals surface area contributed by atoms with E-state index < -0.39 is 0 Å². The third-order valence-corrected chi connectivity index (χ3v) is 1.26. The molecule has 54 valence electrons. The van der Waals surface area contributed by atoms with Gasteiger partial charge in [0.2, 0.25) is 0 Å². The van der Waals surface area contributed by atoms with Gasteiger partial charge in [0.25, 0.3) is 0 Å². The molecular weight excluding hydrogens is 134 g/mol. The standard InChI is InChI=1S/C8H8F2/c1-6-4-7(9)2-3-8(10)5-6/h2-4H,5H2,1H3. The smallest absolute Gasteiger partial charge is 0.123 e. The lowest BCUT2D eigenvalue weighted by Gasteiger charge is -1.92. The lowest BCUT2D eigenvalue weighted by molar-refractivity contribution is 0.611. The first-order valence-electron chi connectivity index (χ1n) is 3.07. The molecule has 0 bridgehead atoms. The number of hydrogen-bond acceptors (Lipinski definition) is 0. The van der Waals surface area contributed by atoms with Crippen LogP contribution in [0.5, 0.6) is 0 Å². The van der Waals surface area contributed by atoms with Crippen molar-refractivity contribution in [1.29, 1.82) is 0 Å². The van der Waals surface area contributed by atoms with Crippen molar-refractivity contribution in [3.63, 3.8) is 0 Å². The van der Waals surface area contributed by atoms with E-state index in [0.29, 0.717) is 5.57 Å². The molecule has 0 atom stereocenters. The molecule has 0 N–H and O–H groups in total. The first kappa shape index (κ1) is 7.19. The highest BCUT2D eigenvalue weighted by Crippen LogP contribution is 2.18. The summed E-state index contributed by atoms with van der Waals surface area (Å²) < 4.78 is 24.9. The molecule has 0 aromatic heterocycles. The third kappa shape index (κ3) is 1.79. The summed E-state index contributed by atoms with van der Waals surface area (Å²) in [6, 6.07) is 0. The van der Waals surface area contributed by atoms with Crippen LogP contribution < -0.4 is 0 Å². The second-order valence-electron chi connectivity index (χ2n) is 2.33. The van der Waals surface area contributed by atoms with E-state index in [9.17, 15) is 8.78 Å². The van der Waals surface area contributed by atoms with E-state index in [2.05, 4.69) is 0 Å². The first-order chi connectivity index (χ1) is 4.68. The Morgan fingerprint density at radius 2 is 2.00 bits per heavy atom. The summed E-state index contributed by atoms with van der Waals surface area (Å²) in [5.41, 5.74) is 0.708. The highest BCUT2D eigenvalue weighted by atomic mass is 19.1. The Labute approximate surface area is 58.6 Å². The normalized spacial score (nSPS) is 18.9. The highest BCUT2D eigenvalue weighted by Gasteiger charge is 2.01. The fraction of sp³-hybridized carbons (Fsp3) is 0.250. The molecular formula is C8H8F2. The van der Waals surface area contributed by atoms with Gasteiger partial charge in [-0.1, -0.05) is 5.57 Å². The Kier molecular flexibility index (Phi) is 2.00. The van der Waals surface area contributed by atoms with E-state index >= 15 is 0 Å². The zero-order chi connectivity index (χ0) is 7.56. The van der Waals surface area contributed by atoms with Gasteiger partial charge in [0.15, 0.2) is 0 Å². The maximum Gasteiger partial charge on any atom is 0.123 e. The van der Waals surface area contributed by atoms with Crippen LogP contribution in [0.3, 0.4) is 0 Å². The maximum atomic E-state index is 12.5. The molecule has 0 heterocycles. The molecule has 10 heavy (non-hydrogen) atoms. The Morgan fingerprint density at radius 3 is 2.70 bits per heavy atom. The molecule has 0 fully saturated rings. The highest BCUT2D eigenvalue weighted by molar-refractivity contribution is 5.28. The van der Waals surface area contributed by atoms with Gasteiger partial charge in [0.1, 0.15) is 11.7 Å². The van der Waals surface area contributed by atoms with Gasteiger partial charge in [-0.3, -0.25) is 0 Å². The molecule has 0 saturated carbocycles. The van der Waals surface area contributed by atoms with Gasteiger partial charge in [-0.2, -0.15) is 0 Å². The summed E-state index contributed by atoms with van der Waals surface area (Å²) >= 11 is 0. The zero-order valence-electron chi connectivity index (χ0n) is 5.70. The second kappa shape index (κ2) is 2.78. The molecule has 0 aromatic carbocycles. The molecule has 1 aliphatic rings. The third-order valence-electron chi connectivity index (χ3n) is 1.26. The van der Waals surface area contributed by atoms with Crippen LogP contribution in [0.2, 0.25) is 0 Å². The average molecular weight is 142 g/mol. The van der Waals surface area contributed by atoms with Crippen molar-refractivity contribution in [2.24, 2.45) is 0 Å². The number of hydrogen-bond donors (Lipinski definition) is 0. The Morgan fingerprint density at radius 1 is 1.30 bits per heavy atom. The van der Waals surface area contributed by atoms with Crippen molar-refractivity contribution in [2.75, 3.05) is 0 Å². The Hall–Kier alpha value is -0.920. The summed E-state index contributed by atoms with van der Waals surface area (Å²) in [6.45, 7) is 1.70. The minimum atomic E-state index is -0.384. The van der Waals surface area contributed by atoms with Crippen molar-refractivity contribution in [3.05, 3.63) is 35.5 Å². The Bertz CT molecular complexity index is 221. The van der Waals surface area contributed by atoms with Crippen LogP contribution in [0.4, 0.5) is 8.78 Å². The topological polar surface area (TPSA) is 0 Å². The largest absolute Gasteiger partial charge is 0.211 e. The van der Waals surface area contributed by atoms with E-state index in [-0.39, 0.29) is 18.1 Å². The lowest BCUT2D eigenvalue weighted by Crippen LogP contribution is -1.75. The second-order valence-corrected chi connectivity index (χ2v) is 2.33. The quantitative estimate of drug-likeness (QED) is 0.487. The molecule has 0 spiro atoms. The summed E-state index contributed by atoms with van der Waals surface area (Å²) in [5, 5.41) is 0. The average Bonchev–Trinajstić information content (AvgIpc) is 1.93. The zero-order valence-corrected chi connectivity index (χ0v) is 5.70. The fourth-order valence-corrected chi connectivity index (χ4v) is 0.830. The van der Waals surface area contributed by atoms with Crippen LogP contribution in [0.25, 0.3) is 0 Å². The molecule has 0 aliphatic heterocycles. The maximum absolute atomic E-state index is 12.5. The van der Waals surface area contributed by atoms with E-state index in [1.807, 2.05) is 0 Å². The summed E-state index contributed by atoms with van der Waals surface area (Å²) in [4.78, 5) is 0. The van der Waals surface area contributed by atoms with E-state index in [0.717, 1.165) is 12.2 Å². The van der Waals surface area contributed by atoms with Gasteiger partial charge in [-0.05, 0) is 25.2 Å². The lowest BCUT2D eigenvalue weighted by atomic mass is 10.2.